The van der Waals surface area contributed by atoms with Gasteiger partial charge in [-0.15, -0.1) is 0 Å². The van der Waals surface area contributed by atoms with Crippen molar-refractivity contribution in [2.45, 2.75) is 40.7 Å². The van der Waals surface area contributed by atoms with E-state index >= 15 is 0 Å². The van der Waals surface area contributed by atoms with Crippen LogP contribution in [-0.4, -0.2) is 12.0 Å². The summed E-state index contributed by atoms with van der Waals surface area (Å²) in [6.07, 6.45) is -0.574. The molecule has 0 aliphatic rings. The van der Waals surface area contributed by atoms with E-state index in [1.54, 1.807) is 0 Å². The van der Waals surface area contributed by atoms with E-state index in [2.05, 4.69) is 6.07 Å². The van der Waals surface area contributed by atoms with E-state index < -0.39 is 12.0 Å². The molecule has 0 aromatic heterocycles. The van der Waals surface area contributed by atoms with Crippen molar-refractivity contribution in [1.82, 2.24) is 0 Å². The van der Waals surface area contributed by atoms with Crippen LogP contribution in [0.5, 0.6) is 5.75 Å². The van der Waals surface area contributed by atoms with Gasteiger partial charge in [0.15, 0.2) is 6.10 Å². The molecule has 1 aromatic carbocycles. The minimum Gasteiger partial charge on any atom is -0.480 e. The van der Waals surface area contributed by atoms with Crippen molar-refractivity contribution in [3.8, 4) is 5.75 Å². The van der Waals surface area contributed by atoms with Crippen LogP contribution in [0.1, 0.15) is 30.5 Å². The van der Waals surface area contributed by atoms with Gasteiger partial charge < -0.3 is 10.5 Å². The van der Waals surface area contributed by atoms with Crippen LogP contribution in [0.25, 0.3) is 0 Å². The molecule has 0 saturated carbocycles. The van der Waals surface area contributed by atoms with Crippen LogP contribution < -0.4 is 10.5 Å². The van der Waals surface area contributed by atoms with Crippen LogP contribution in [0.15, 0.2) is 12.1 Å². The summed E-state index contributed by atoms with van der Waals surface area (Å²) in [6.45, 7) is 9.88. The van der Waals surface area contributed by atoms with Gasteiger partial charge in [0.25, 0.3) is 5.91 Å². The Labute approximate surface area is 103 Å². The molecule has 2 N–H and O–H groups in total. The number of carbonyl (C=O) groups excluding carboxylic acids is 1. The Bertz CT molecular complexity index is 424. The van der Waals surface area contributed by atoms with Crippen LogP contribution in [0.4, 0.5) is 0 Å². The maximum Gasteiger partial charge on any atom is 0.258 e. The van der Waals surface area contributed by atoms with Gasteiger partial charge in [-0.25, -0.2) is 0 Å². The highest BCUT2D eigenvalue weighted by molar-refractivity contribution is 5.79. The van der Waals surface area contributed by atoms with E-state index in [-0.39, 0.29) is 5.92 Å². The second-order valence-electron chi connectivity index (χ2n) is 4.89. The number of carbonyl (C=O) groups is 1. The maximum absolute atomic E-state index is 11.3. The molecule has 0 fully saturated rings. The first kappa shape index (κ1) is 13.6. The standard InChI is InChI=1S/C14H21NO2/c1-8(2)13(14(15)16)17-12-7-9(3)6-10(4)11(12)5/h6-8,13H,1-5H3,(H2,15,16). The van der Waals surface area contributed by atoms with Crippen LogP contribution in [0, 0.1) is 26.7 Å². The Morgan fingerprint density at radius 3 is 2.29 bits per heavy atom. The molecule has 0 bridgehead atoms. The van der Waals surface area contributed by atoms with E-state index in [9.17, 15) is 4.79 Å². The lowest BCUT2D eigenvalue weighted by Gasteiger charge is -2.21. The third-order valence-electron chi connectivity index (χ3n) is 2.90. The van der Waals surface area contributed by atoms with Gasteiger partial charge in [0.2, 0.25) is 0 Å². The molecule has 0 aliphatic heterocycles. The number of primary amides is 1. The van der Waals surface area contributed by atoms with E-state index in [1.165, 1.54) is 0 Å². The van der Waals surface area contributed by atoms with Crippen molar-refractivity contribution in [1.29, 1.82) is 0 Å². The molecular formula is C14H21NO2. The monoisotopic (exact) mass is 235 g/mol. The summed E-state index contributed by atoms with van der Waals surface area (Å²) in [6, 6.07) is 4.04. The van der Waals surface area contributed by atoms with Gasteiger partial charge in [-0.3, -0.25) is 4.79 Å². The van der Waals surface area contributed by atoms with E-state index in [1.807, 2.05) is 40.7 Å². The number of amides is 1. The van der Waals surface area contributed by atoms with Gasteiger partial charge in [-0.2, -0.15) is 0 Å². The number of ether oxygens (including phenoxy) is 1. The molecule has 1 unspecified atom stereocenters. The largest absolute Gasteiger partial charge is 0.480 e. The first-order chi connectivity index (χ1) is 7.82. The summed E-state index contributed by atoms with van der Waals surface area (Å²) >= 11 is 0. The number of hydrogen-bond acceptors (Lipinski definition) is 2. The first-order valence-corrected chi connectivity index (χ1v) is 5.86. The van der Waals surface area contributed by atoms with Gasteiger partial charge in [-0.05, 0) is 49.4 Å². The Morgan fingerprint density at radius 1 is 1.24 bits per heavy atom. The van der Waals surface area contributed by atoms with E-state index in [4.69, 9.17) is 10.5 Å². The predicted octanol–water partition coefficient (Wildman–Crippen LogP) is 2.50. The first-order valence-electron chi connectivity index (χ1n) is 5.86. The number of aryl methyl sites for hydroxylation is 2. The Balaban J connectivity index is 3.05. The Kier molecular flexibility index (Phi) is 4.16. The van der Waals surface area contributed by atoms with Crippen molar-refractivity contribution in [3.63, 3.8) is 0 Å². The smallest absolute Gasteiger partial charge is 0.258 e. The Hall–Kier alpha value is -1.51. The summed E-state index contributed by atoms with van der Waals surface area (Å²) in [5, 5.41) is 0. The molecule has 1 rings (SSSR count). The fourth-order valence-corrected chi connectivity index (χ4v) is 1.78. The molecule has 1 amide bonds. The zero-order chi connectivity index (χ0) is 13.2. The van der Waals surface area contributed by atoms with Crippen molar-refractivity contribution >= 4 is 5.91 Å². The molecule has 0 heterocycles. The van der Waals surface area contributed by atoms with E-state index in [0.717, 1.165) is 22.4 Å². The molecule has 1 atom stereocenters. The highest BCUT2D eigenvalue weighted by Gasteiger charge is 2.22. The van der Waals surface area contributed by atoms with Crippen molar-refractivity contribution in [3.05, 3.63) is 28.8 Å². The molecule has 3 nitrogen and oxygen atoms in total. The molecule has 94 valence electrons. The highest BCUT2D eigenvalue weighted by Crippen LogP contribution is 2.25. The summed E-state index contributed by atoms with van der Waals surface area (Å²) in [5.41, 5.74) is 8.69. The average Bonchev–Trinajstić information content (AvgIpc) is 2.19. The molecule has 0 radical (unpaired) electrons. The zero-order valence-electron chi connectivity index (χ0n) is 11.2. The van der Waals surface area contributed by atoms with Gasteiger partial charge in [-0.1, -0.05) is 19.9 Å². The second kappa shape index (κ2) is 5.21. The zero-order valence-corrected chi connectivity index (χ0v) is 11.2. The van der Waals surface area contributed by atoms with Gasteiger partial charge in [0, 0.05) is 0 Å². The topological polar surface area (TPSA) is 52.3 Å². The minimum atomic E-state index is -0.574. The molecule has 17 heavy (non-hydrogen) atoms. The van der Waals surface area contributed by atoms with Gasteiger partial charge in [0.05, 0.1) is 0 Å². The molecule has 0 spiro atoms. The van der Waals surface area contributed by atoms with Crippen LogP contribution in [-0.2, 0) is 4.79 Å². The Morgan fingerprint density at radius 2 is 1.82 bits per heavy atom. The lowest BCUT2D eigenvalue weighted by atomic mass is 10.0. The summed E-state index contributed by atoms with van der Waals surface area (Å²) in [7, 11) is 0. The third-order valence-corrected chi connectivity index (χ3v) is 2.90. The van der Waals surface area contributed by atoms with Crippen LogP contribution in [0.2, 0.25) is 0 Å². The fourth-order valence-electron chi connectivity index (χ4n) is 1.78. The minimum absolute atomic E-state index is 0.0627. The second-order valence-corrected chi connectivity index (χ2v) is 4.89. The SMILES string of the molecule is Cc1cc(C)c(C)c(OC(C(N)=O)C(C)C)c1. The van der Waals surface area contributed by atoms with Gasteiger partial charge in [0.1, 0.15) is 5.75 Å². The quantitative estimate of drug-likeness (QED) is 0.871. The fraction of sp³-hybridized carbons (Fsp3) is 0.500. The van der Waals surface area contributed by atoms with E-state index in [0.29, 0.717) is 0 Å². The van der Waals surface area contributed by atoms with Crippen LogP contribution in [0.3, 0.4) is 0 Å². The number of hydrogen-bond donors (Lipinski definition) is 1. The summed E-state index contributed by atoms with van der Waals surface area (Å²) in [4.78, 5) is 11.3. The predicted molar refractivity (Wildman–Crippen MR) is 69.1 cm³/mol. The van der Waals surface area contributed by atoms with Crippen LogP contribution >= 0.6 is 0 Å². The van der Waals surface area contributed by atoms with Gasteiger partial charge >= 0.3 is 0 Å². The third kappa shape index (κ3) is 3.22. The van der Waals surface area contributed by atoms with Crippen molar-refractivity contribution in [2.75, 3.05) is 0 Å². The summed E-state index contributed by atoms with van der Waals surface area (Å²) < 4.78 is 5.76. The number of benzene rings is 1. The molecular weight excluding hydrogens is 214 g/mol. The van der Waals surface area contributed by atoms with Crippen molar-refractivity contribution < 1.29 is 9.53 Å². The summed E-state index contributed by atoms with van der Waals surface area (Å²) in [5.74, 6) is 0.395. The number of nitrogens with two attached hydrogens (primary N) is 1. The van der Waals surface area contributed by atoms with Crippen molar-refractivity contribution in [2.24, 2.45) is 11.7 Å². The lowest BCUT2D eigenvalue weighted by Crippen LogP contribution is -2.38. The average molecular weight is 235 g/mol. The molecule has 0 saturated heterocycles. The highest BCUT2D eigenvalue weighted by atomic mass is 16.5. The lowest BCUT2D eigenvalue weighted by molar-refractivity contribution is -0.126. The maximum atomic E-state index is 11.3. The normalized spacial score (nSPS) is 12.6. The number of rotatable bonds is 4. The molecule has 0 aliphatic carbocycles. The molecule has 1 aromatic rings. The molecule has 3 heteroatoms.